The van der Waals surface area contributed by atoms with Gasteiger partial charge < -0.3 is 4.74 Å². The standard InChI is InChI=1S/C7H5F5O3S2/c8-6(9,7(10,11)17(12,13)14)15-3-5-1-2-16-4-5/h1-2,4H,3H2. The Bertz CT molecular complexity index is 468. The molecule has 0 saturated heterocycles. The summed E-state index contributed by atoms with van der Waals surface area (Å²) in [5.74, 6) is 0. The molecule has 0 spiro atoms. The van der Waals surface area contributed by atoms with Crippen molar-refractivity contribution in [1.29, 1.82) is 0 Å². The number of alkyl halides is 4. The molecule has 1 heterocycles. The van der Waals surface area contributed by atoms with Gasteiger partial charge in [0.25, 0.3) is 0 Å². The van der Waals surface area contributed by atoms with Gasteiger partial charge in [-0.3, -0.25) is 0 Å². The Morgan fingerprint density at radius 3 is 2.29 bits per heavy atom. The van der Waals surface area contributed by atoms with Crippen LogP contribution in [0.15, 0.2) is 16.8 Å². The van der Waals surface area contributed by atoms with Crippen molar-refractivity contribution in [3.63, 3.8) is 0 Å². The van der Waals surface area contributed by atoms with Crippen molar-refractivity contribution in [2.45, 2.75) is 18.0 Å². The van der Waals surface area contributed by atoms with Crippen molar-refractivity contribution in [2.75, 3.05) is 0 Å². The number of hydrogen-bond donors (Lipinski definition) is 0. The van der Waals surface area contributed by atoms with Gasteiger partial charge in [-0.2, -0.15) is 37.3 Å². The van der Waals surface area contributed by atoms with Gasteiger partial charge in [0.1, 0.15) is 0 Å². The Kier molecular flexibility index (Phi) is 3.79. The molecule has 0 aliphatic rings. The average Bonchev–Trinajstić information content (AvgIpc) is 2.65. The molecule has 0 aromatic carbocycles. The van der Waals surface area contributed by atoms with E-state index in [1.807, 2.05) is 0 Å². The molecule has 17 heavy (non-hydrogen) atoms. The predicted octanol–water partition coefficient (Wildman–Crippen LogP) is 2.75. The third-order valence-electron chi connectivity index (χ3n) is 1.65. The van der Waals surface area contributed by atoms with Gasteiger partial charge in [-0.05, 0) is 22.4 Å². The van der Waals surface area contributed by atoms with Gasteiger partial charge in [0, 0.05) is 0 Å². The highest BCUT2D eigenvalue weighted by Gasteiger charge is 2.68. The number of thiophene rings is 1. The van der Waals surface area contributed by atoms with E-state index in [4.69, 9.17) is 0 Å². The summed E-state index contributed by atoms with van der Waals surface area (Å²) in [6.45, 7) is -0.957. The molecule has 0 radical (unpaired) electrons. The van der Waals surface area contributed by atoms with E-state index < -0.39 is 28.2 Å². The van der Waals surface area contributed by atoms with E-state index in [0.717, 1.165) is 11.3 Å². The topological polar surface area (TPSA) is 43.4 Å². The SMILES string of the molecule is O=S(=O)(F)C(F)(F)C(F)(F)OCc1ccsc1. The zero-order chi connectivity index (χ0) is 13.3. The minimum atomic E-state index is -6.76. The van der Waals surface area contributed by atoms with Gasteiger partial charge >= 0.3 is 21.6 Å². The van der Waals surface area contributed by atoms with E-state index in [-0.39, 0.29) is 5.56 Å². The van der Waals surface area contributed by atoms with Crippen LogP contribution in [0, 0.1) is 0 Å². The van der Waals surface area contributed by atoms with Crippen LogP contribution in [-0.2, 0) is 21.6 Å². The zero-order valence-electron chi connectivity index (χ0n) is 7.87. The number of ether oxygens (including phenoxy) is 1. The molecule has 0 saturated carbocycles. The van der Waals surface area contributed by atoms with Crippen LogP contribution in [-0.4, -0.2) is 19.8 Å². The summed E-state index contributed by atoms with van der Waals surface area (Å²) in [7, 11) is -6.76. The monoisotopic (exact) mass is 296 g/mol. The fraction of sp³-hybridized carbons (Fsp3) is 0.429. The summed E-state index contributed by atoms with van der Waals surface area (Å²) in [4.78, 5) is 0. The molecule has 1 aromatic heterocycles. The van der Waals surface area contributed by atoms with Crippen molar-refractivity contribution >= 4 is 21.6 Å². The maximum Gasteiger partial charge on any atom is 0.464 e. The van der Waals surface area contributed by atoms with Crippen LogP contribution in [0.4, 0.5) is 21.4 Å². The van der Waals surface area contributed by atoms with Crippen molar-refractivity contribution in [3.8, 4) is 0 Å². The molecular formula is C7H5F5O3S2. The minimum Gasteiger partial charge on any atom is -0.310 e. The number of hydrogen-bond acceptors (Lipinski definition) is 4. The summed E-state index contributed by atoms with van der Waals surface area (Å²) in [5.41, 5.74) is 0.140. The van der Waals surface area contributed by atoms with Crippen molar-refractivity contribution in [2.24, 2.45) is 0 Å². The molecule has 0 amide bonds. The summed E-state index contributed by atoms with van der Waals surface area (Å²) < 4.78 is 85.6. The van der Waals surface area contributed by atoms with Gasteiger partial charge in [-0.1, -0.05) is 3.89 Å². The minimum absolute atomic E-state index is 0.140. The van der Waals surface area contributed by atoms with Crippen LogP contribution < -0.4 is 0 Å². The second-order valence-corrected chi connectivity index (χ2v) is 5.06. The Balaban J connectivity index is 2.81. The Morgan fingerprint density at radius 1 is 1.29 bits per heavy atom. The highest BCUT2D eigenvalue weighted by molar-refractivity contribution is 7.87. The van der Waals surface area contributed by atoms with Crippen LogP contribution >= 0.6 is 11.3 Å². The molecule has 0 atom stereocenters. The number of halogens is 5. The molecule has 98 valence electrons. The van der Waals surface area contributed by atoms with E-state index in [1.54, 1.807) is 0 Å². The fourth-order valence-corrected chi connectivity index (χ4v) is 1.77. The first-order valence-electron chi connectivity index (χ1n) is 3.93. The molecule has 0 N–H and O–H groups in total. The molecule has 0 aliphatic heterocycles. The quantitative estimate of drug-likeness (QED) is 0.620. The summed E-state index contributed by atoms with van der Waals surface area (Å²) in [5, 5.41) is -3.12. The van der Waals surface area contributed by atoms with Gasteiger partial charge in [-0.25, -0.2) is 0 Å². The van der Waals surface area contributed by atoms with Gasteiger partial charge in [0.05, 0.1) is 6.61 Å². The van der Waals surface area contributed by atoms with Crippen LogP contribution in [0.1, 0.15) is 5.56 Å². The Labute approximate surface area is 97.0 Å². The molecule has 0 aliphatic carbocycles. The molecule has 0 bridgehead atoms. The normalized spacial score (nSPS) is 13.9. The van der Waals surface area contributed by atoms with Crippen LogP contribution in [0.5, 0.6) is 0 Å². The molecular weight excluding hydrogens is 291 g/mol. The predicted molar refractivity (Wildman–Crippen MR) is 49.0 cm³/mol. The first kappa shape index (κ1) is 14.3. The lowest BCUT2D eigenvalue weighted by Gasteiger charge is -2.22. The lowest BCUT2D eigenvalue weighted by atomic mass is 10.4. The molecule has 3 nitrogen and oxygen atoms in total. The molecule has 1 rings (SSSR count). The van der Waals surface area contributed by atoms with Gasteiger partial charge in [0.15, 0.2) is 0 Å². The number of rotatable bonds is 5. The second-order valence-electron chi connectivity index (χ2n) is 2.89. The smallest absolute Gasteiger partial charge is 0.310 e. The van der Waals surface area contributed by atoms with Gasteiger partial charge in [-0.15, -0.1) is 0 Å². The van der Waals surface area contributed by atoms with E-state index in [1.165, 1.54) is 16.8 Å². The Morgan fingerprint density at radius 2 is 1.88 bits per heavy atom. The van der Waals surface area contributed by atoms with Crippen LogP contribution in [0.25, 0.3) is 0 Å². The van der Waals surface area contributed by atoms with E-state index >= 15 is 0 Å². The highest BCUT2D eigenvalue weighted by Crippen LogP contribution is 2.41. The fourth-order valence-electron chi connectivity index (χ4n) is 0.775. The zero-order valence-corrected chi connectivity index (χ0v) is 9.50. The van der Waals surface area contributed by atoms with Crippen LogP contribution in [0.3, 0.4) is 0 Å². The van der Waals surface area contributed by atoms with Crippen molar-refractivity contribution < 1.29 is 34.6 Å². The van der Waals surface area contributed by atoms with Crippen LogP contribution in [0.2, 0.25) is 0 Å². The van der Waals surface area contributed by atoms with E-state index in [0.29, 0.717) is 0 Å². The summed E-state index contributed by atoms with van der Waals surface area (Å²) in [6.07, 6.45) is -5.44. The first-order chi connectivity index (χ1) is 7.58. The van der Waals surface area contributed by atoms with E-state index in [2.05, 4.69) is 4.74 Å². The third kappa shape index (κ3) is 2.93. The average molecular weight is 296 g/mol. The van der Waals surface area contributed by atoms with Crippen molar-refractivity contribution in [3.05, 3.63) is 22.4 Å². The Hall–Kier alpha value is -0.740. The lowest BCUT2D eigenvalue weighted by molar-refractivity contribution is -0.322. The third-order valence-corrected chi connectivity index (χ3v) is 3.23. The first-order valence-corrected chi connectivity index (χ1v) is 6.25. The van der Waals surface area contributed by atoms with Gasteiger partial charge in [0.2, 0.25) is 0 Å². The molecule has 0 fully saturated rings. The van der Waals surface area contributed by atoms with Crippen molar-refractivity contribution in [1.82, 2.24) is 0 Å². The maximum absolute atomic E-state index is 12.7. The molecule has 0 unspecified atom stereocenters. The molecule has 10 heteroatoms. The summed E-state index contributed by atoms with van der Waals surface area (Å²) >= 11 is 1.10. The lowest BCUT2D eigenvalue weighted by Crippen LogP contribution is -2.47. The molecule has 1 aromatic rings. The largest absolute Gasteiger partial charge is 0.464 e. The van der Waals surface area contributed by atoms with E-state index in [9.17, 15) is 29.9 Å². The second kappa shape index (κ2) is 4.50. The maximum atomic E-state index is 12.7. The highest BCUT2D eigenvalue weighted by atomic mass is 32.3. The summed E-state index contributed by atoms with van der Waals surface area (Å²) in [6, 6.07) is 1.31.